The van der Waals surface area contributed by atoms with Crippen LogP contribution in [0.15, 0.2) is 0 Å². The molecule has 0 aliphatic heterocycles. The molecule has 3 heteroatoms. The fraction of sp³-hybridized carbons (Fsp3) is 0.909. The van der Waals surface area contributed by atoms with Crippen molar-refractivity contribution in [1.29, 1.82) is 0 Å². The molecule has 0 spiro atoms. The summed E-state index contributed by atoms with van der Waals surface area (Å²) in [6.07, 6.45) is 5.31. The van der Waals surface area contributed by atoms with Crippen molar-refractivity contribution in [3.05, 3.63) is 0 Å². The molecule has 0 amide bonds. The zero-order valence-electron chi connectivity index (χ0n) is 8.70. The van der Waals surface area contributed by atoms with Crippen LogP contribution in [-0.4, -0.2) is 30.7 Å². The molecule has 3 nitrogen and oxygen atoms in total. The normalized spacial score (nSPS) is 32.5. The Labute approximate surface area is 84.8 Å². The monoisotopic (exact) mass is 198 g/mol. The van der Waals surface area contributed by atoms with E-state index in [4.69, 9.17) is 9.47 Å². The van der Waals surface area contributed by atoms with Gasteiger partial charge >= 0.3 is 0 Å². The number of ketones is 1. The van der Waals surface area contributed by atoms with Crippen molar-refractivity contribution in [3.63, 3.8) is 0 Å². The maximum absolute atomic E-state index is 11.2. The second kappa shape index (κ2) is 4.41. The van der Waals surface area contributed by atoms with Gasteiger partial charge in [-0.1, -0.05) is 6.92 Å². The lowest BCUT2D eigenvalue weighted by Gasteiger charge is -2.39. The molecule has 2 rings (SSSR count). The summed E-state index contributed by atoms with van der Waals surface area (Å²) in [5.74, 6) is 0.211. The molecule has 0 saturated heterocycles. The first kappa shape index (κ1) is 10.1. The van der Waals surface area contributed by atoms with Crippen molar-refractivity contribution in [2.75, 3.05) is 6.61 Å². The highest BCUT2D eigenvalue weighted by Crippen LogP contribution is 2.30. The minimum atomic E-state index is -0.254. The van der Waals surface area contributed by atoms with E-state index in [1.807, 2.05) is 6.92 Å². The average Bonchev–Trinajstić information content (AvgIpc) is 2.09. The highest BCUT2D eigenvalue weighted by molar-refractivity contribution is 5.90. The van der Waals surface area contributed by atoms with Crippen LogP contribution in [0.5, 0.6) is 0 Å². The summed E-state index contributed by atoms with van der Waals surface area (Å²) in [5.41, 5.74) is 0. The van der Waals surface area contributed by atoms with E-state index in [2.05, 4.69) is 0 Å². The first-order valence-electron chi connectivity index (χ1n) is 5.61. The van der Waals surface area contributed by atoms with Gasteiger partial charge in [-0.15, -0.1) is 0 Å². The Morgan fingerprint density at radius 1 is 1.43 bits per heavy atom. The molecule has 14 heavy (non-hydrogen) atoms. The number of ether oxygens (including phenoxy) is 2. The zero-order chi connectivity index (χ0) is 9.97. The Morgan fingerprint density at radius 2 is 2.21 bits per heavy atom. The topological polar surface area (TPSA) is 35.5 Å². The third kappa shape index (κ3) is 1.98. The molecule has 0 aromatic carbocycles. The number of carbonyl (C=O) groups excluding carboxylic acids is 1. The van der Waals surface area contributed by atoms with Gasteiger partial charge in [0.05, 0.1) is 12.2 Å². The van der Waals surface area contributed by atoms with Gasteiger partial charge in [-0.25, -0.2) is 0 Å². The number of carbonyl (C=O) groups is 1. The van der Waals surface area contributed by atoms with Crippen LogP contribution in [-0.2, 0) is 14.3 Å². The molecular formula is C11H18O3. The van der Waals surface area contributed by atoms with Crippen molar-refractivity contribution < 1.29 is 14.3 Å². The summed E-state index contributed by atoms with van der Waals surface area (Å²) in [4.78, 5) is 11.2. The van der Waals surface area contributed by atoms with Gasteiger partial charge in [-0.05, 0) is 25.7 Å². The Bertz CT molecular complexity index is 211. The Hall–Kier alpha value is -0.410. The van der Waals surface area contributed by atoms with Gasteiger partial charge in [0.25, 0.3) is 0 Å². The first-order valence-corrected chi connectivity index (χ1v) is 5.61. The standard InChI is InChI=1S/C11H18O3/c1-2-6-13-11-9(12)7-10(11)14-8-4-3-5-8/h8,10-11H,2-7H2,1H3. The lowest BCUT2D eigenvalue weighted by Crippen LogP contribution is -2.52. The third-order valence-corrected chi connectivity index (χ3v) is 2.98. The molecule has 2 atom stereocenters. The van der Waals surface area contributed by atoms with Crippen LogP contribution in [0.1, 0.15) is 39.0 Å². The third-order valence-electron chi connectivity index (χ3n) is 2.98. The number of rotatable bonds is 5. The van der Waals surface area contributed by atoms with Crippen molar-refractivity contribution >= 4 is 5.78 Å². The predicted molar refractivity (Wildman–Crippen MR) is 52.2 cm³/mol. The van der Waals surface area contributed by atoms with E-state index in [1.54, 1.807) is 0 Å². The molecule has 2 aliphatic carbocycles. The number of hydrogen-bond acceptors (Lipinski definition) is 3. The zero-order valence-corrected chi connectivity index (χ0v) is 8.70. The van der Waals surface area contributed by atoms with Gasteiger partial charge in [-0.3, -0.25) is 4.79 Å². The highest BCUT2D eigenvalue weighted by Gasteiger charge is 2.43. The minimum Gasteiger partial charge on any atom is -0.371 e. The quantitative estimate of drug-likeness (QED) is 0.674. The molecule has 0 N–H and O–H groups in total. The van der Waals surface area contributed by atoms with Crippen LogP contribution in [0.25, 0.3) is 0 Å². The second-order valence-electron chi connectivity index (χ2n) is 4.19. The van der Waals surface area contributed by atoms with E-state index in [0.29, 0.717) is 19.1 Å². The molecule has 0 bridgehead atoms. The van der Waals surface area contributed by atoms with Crippen molar-refractivity contribution in [3.8, 4) is 0 Å². The van der Waals surface area contributed by atoms with Crippen LogP contribution < -0.4 is 0 Å². The molecular weight excluding hydrogens is 180 g/mol. The summed E-state index contributed by atoms with van der Waals surface area (Å²) in [6, 6.07) is 0. The van der Waals surface area contributed by atoms with E-state index < -0.39 is 0 Å². The van der Waals surface area contributed by atoms with Crippen molar-refractivity contribution in [2.24, 2.45) is 0 Å². The first-order chi connectivity index (χ1) is 6.81. The van der Waals surface area contributed by atoms with E-state index in [0.717, 1.165) is 19.3 Å². The summed E-state index contributed by atoms with van der Waals surface area (Å²) in [5, 5.41) is 0. The number of hydrogen-bond donors (Lipinski definition) is 0. The Morgan fingerprint density at radius 3 is 2.71 bits per heavy atom. The van der Waals surface area contributed by atoms with Gasteiger partial charge in [0.2, 0.25) is 0 Å². The summed E-state index contributed by atoms with van der Waals surface area (Å²) in [7, 11) is 0. The van der Waals surface area contributed by atoms with Crippen molar-refractivity contribution in [2.45, 2.75) is 57.3 Å². The molecule has 80 valence electrons. The second-order valence-corrected chi connectivity index (χ2v) is 4.19. The van der Waals surface area contributed by atoms with E-state index in [1.165, 1.54) is 6.42 Å². The maximum Gasteiger partial charge on any atom is 0.166 e. The SMILES string of the molecule is CCCOC1C(=O)CC1OC1CCC1. The van der Waals surface area contributed by atoms with Gasteiger partial charge in [0.1, 0.15) is 6.10 Å². The predicted octanol–water partition coefficient (Wildman–Crippen LogP) is 1.69. The maximum atomic E-state index is 11.2. The minimum absolute atomic E-state index is 0.0550. The lowest BCUT2D eigenvalue weighted by molar-refractivity contribution is -0.179. The van der Waals surface area contributed by atoms with Crippen LogP contribution in [0, 0.1) is 0 Å². The lowest BCUT2D eigenvalue weighted by atomic mass is 9.88. The molecule has 0 heterocycles. The number of Topliss-reactive ketones (excluding diaryl/α,β-unsaturated/α-hetero) is 1. The summed E-state index contributed by atoms with van der Waals surface area (Å²) >= 11 is 0. The molecule has 2 aliphatic rings. The van der Waals surface area contributed by atoms with Gasteiger partial charge in [-0.2, -0.15) is 0 Å². The largest absolute Gasteiger partial charge is 0.371 e. The average molecular weight is 198 g/mol. The molecule has 2 saturated carbocycles. The van der Waals surface area contributed by atoms with Gasteiger partial charge < -0.3 is 9.47 Å². The van der Waals surface area contributed by atoms with Gasteiger partial charge in [0.15, 0.2) is 5.78 Å². The van der Waals surface area contributed by atoms with E-state index >= 15 is 0 Å². The molecule has 0 aromatic rings. The van der Waals surface area contributed by atoms with E-state index in [-0.39, 0.29) is 18.0 Å². The van der Waals surface area contributed by atoms with Crippen LogP contribution in [0.3, 0.4) is 0 Å². The Kier molecular flexibility index (Phi) is 3.19. The fourth-order valence-corrected chi connectivity index (χ4v) is 1.79. The van der Waals surface area contributed by atoms with Crippen molar-refractivity contribution in [1.82, 2.24) is 0 Å². The summed E-state index contributed by atoms with van der Waals surface area (Å²) < 4.78 is 11.2. The fourth-order valence-electron chi connectivity index (χ4n) is 1.79. The molecule has 2 fully saturated rings. The molecule has 0 radical (unpaired) electrons. The molecule has 0 aromatic heterocycles. The van der Waals surface area contributed by atoms with Gasteiger partial charge in [0, 0.05) is 13.0 Å². The summed E-state index contributed by atoms with van der Waals surface area (Å²) in [6.45, 7) is 2.71. The van der Waals surface area contributed by atoms with Crippen LogP contribution in [0.2, 0.25) is 0 Å². The smallest absolute Gasteiger partial charge is 0.166 e. The van der Waals surface area contributed by atoms with Crippen LogP contribution >= 0.6 is 0 Å². The van der Waals surface area contributed by atoms with Crippen LogP contribution in [0.4, 0.5) is 0 Å². The highest BCUT2D eigenvalue weighted by atomic mass is 16.6. The molecule has 2 unspecified atom stereocenters. The van der Waals surface area contributed by atoms with E-state index in [9.17, 15) is 4.79 Å². The Balaban J connectivity index is 1.72.